The summed E-state index contributed by atoms with van der Waals surface area (Å²) in [6.45, 7) is 5.06. The maximum atomic E-state index is 11.7. The van der Waals surface area contributed by atoms with Gasteiger partial charge in [-0.1, -0.05) is 13.8 Å². The fourth-order valence-electron chi connectivity index (χ4n) is 2.30. The number of nitrogens with zero attached hydrogens (tertiary/aromatic N) is 1. The molecular weight excluding hydrogens is 288 g/mol. The van der Waals surface area contributed by atoms with Crippen LogP contribution >= 0.6 is 0 Å². The molecule has 0 aliphatic carbocycles. The van der Waals surface area contributed by atoms with Gasteiger partial charge in [0.05, 0.1) is 5.69 Å². The Labute approximate surface area is 127 Å². The molecule has 0 amide bonds. The zero-order valence-corrected chi connectivity index (χ0v) is 13.9. The molecule has 1 aromatic rings. The Kier molecular flexibility index (Phi) is 6.00. The van der Waals surface area contributed by atoms with Gasteiger partial charge in [0.2, 0.25) is 10.0 Å². The van der Waals surface area contributed by atoms with Gasteiger partial charge in [-0.3, -0.25) is 0 Å². The molecule has 1 unspecified atom stereocenters. The molecule has 0 saturated heterocycles. The summed E-state index contributed by atoms with van der Waals surface area (Å²) in [5.41, 5.74) is 6.53. The van der Waals surface area contributed by atoms with E-state index in [2.05, 4.69) is 24.1 Å². The Morgan fingerprint density at radius 1 is 1.29 bits per heavy atom. The van der Waals surface area contributed by atoms with Crippen molar-refractivity contribution in [2.45, 2.75) is 31.2 Å². The first-order valence-corrected chi connectivity index (χ1v) is 8.47. The van der Waals surface area contributed by atoms with E-state index >= 15 is 0 Å². The normalized spacial score (nSPS) is 13.7. The Morgan fingerprint density at radius 3 is 2.38 bits per heavy atom. The highest BCUT2D eigenvalue weighted by Gasteiger charge is 2.18. The van der Waals surface area contributed by atoms with Crippen molar-refractivity contribution in [1.29, 1.82) is 0 Å². The van der Waals surface area contributed by atoms with Crippen molar-refractivity contribution in [3.63, 3.8) is 0 Å². The van der Waals surface area contributed by atoms with Crippen LogP contribution in [0.4, 0.5) is 11.4 Å². The van der Waals surface area contributed by atoms with Crippen molar-refractivity contribution in [1.82, 2.24) is 4.90 Å². The number of nitrogens with two attached hydrogens (primary N) is 2. The largest absolute Gasteiger partial charge is 0.399 e. The molecule has 0 bridgehead atoms. The zero-order valence-electron chi connectivity index (χ0n) is 13.1. The summed E-state index contributed by atoms with van der Waals surface area (Å²) >= 11 is 0. The third-order valence-corrected chi connectivity index (χ3v) is 3.96. The second kappa shape index (κ2) is 7.11. The summed E-state index contributed by atoms with van der Waals surface area (Å²) in [7, 11) is 0.155. The van der Waals surface area contributed by atoms with Crippen molar-refractivity contribution in [3.8, 4) is 0 Å². The molecule has 120 valence electrons. The van der Waals surface area contributed by atoms with E-state index in [1.165, 1.54) is 6.07 Å². The highest BCUT2D eigenvalue weighted by molar-refractivity contribution is 7.89. The fourth-order valence-corrected chi connectivity index (χ4v) is 3.04. The molecule has 1 aromatic carbocycles. The first-order chi connectivity index (χ1) is 9.59. The topological polar surface area (TPSA) is 101 Å². The number of likely N-dealkylation sites (N-methyl/N-ethyl adjacent to an activating group) is 1. The van der Waals surface area contributed by atoms with Gasteiger partial charge in [0.25, 0.3) is 0 Å². The van der Waals surface area contributed by atoms with E-state index in [0.29, 0.717) is 17.3 Å². The molecule has 0 aromatic heterocycles. The predicted octanol–water partition coefficient (Wildman–Crippen LogP) is 1.30. The van der Waals surface area contributed by atoms with E-state index in [4.69, 9.17) is 10.9 Å². The maximum Gasteiger partial charge on any atom is 0.240 e. The summed E-state index contributed by atoms with van der Waals surface area (Å²) in [4.78, 5) is 2.10. The van der Waals surface area contributed by atoms with Gasteiger partial charge in [-0.25, -0.2) is 13.6 Å². The Hall–Kier alpha value is -1.31. The maximum absolute atomic E-state index is 11.7. The average molecular weight is 314 g/mol. The third-order valence-electron chi connectivity index (χ3n) is 3.01. The number of anilines is 2. The highest BCUT2D eigenvalue weighted by atomic mass is 32.2. The molecule has 0 saturated carbocycles. The van der Waals surface area contributed by atoms with Crippen molar-refractivity contribution in [3.05, 3.63) is 18.2 Å². The van der Waals surface area contributed by atoms with E-state index < -0.39 is 10.0 Å². The summed E-state index contributed by atoms with van der Waals surface area (Å²) in [5.74, 6) is 0.495. The monoisotopic (exact) mass is 314 g/mol. The zero-order chi connectivity index (χ0) is 16.2. The van der Waals surface area contributed by atoms with Crippen LogP contribution in [0.3, 0.4) is 0 Å². The molecule has 0 aliphatic rings. The Balaban J connectivity index is 3.08. The van der Waals surface area contributed by atoms with E-state index in [-0.39, 0.29) is 10.9 Å². The average Bonchev–Trinajstić information content (AvgIpc) is 2.28. The van der Waals surface area contributed by atoms with Crippen LogP contribution in [-0.2, 0) is 10.0 Å². The lowest BCUT2D eigenvalue weighted by Gasteiger charge is -2.26. The second-order valence-corrected chi connectivity index (χ2v) is 7.56. The summed E-state index contributed by atoms with van der Waals surface area (Å²) in [5, 5.41) is 8.56. The standard InChI is InChI=1S/C14H26N4O2S/c1-10(2)7-12(9-18(3)4)17-13-6-5-11(15)8-14(13)21(16,19)20/h5-6,8,10,12,17H,7,9,15H2,1-4H3,(H2,16,19,20). The number of benzene rings is 1. The van der Waals surface area contributed by atoms with Crippen LogP contribution in [0.1, 0.15) is 20.3 Å². The van der Waals surface area contributed by atoms with Crippen LogP contribution < -0.4 is 16.2 Å². The minimum absolute atomic E-state index is 0.0370. The number of hydrogen-bond donors (Lipinski definition) is 3. The van der Waals surface area contributed by atoms with Gasteiger partial charge in [0.15, 0.2) is 0 Å². The molecule has 6 nitrogen and oxygen atoms in total. The van der Waals surface area contributed by atoms with E-state index in [0.717, 1.165) is 13.0 Å². The Morgan fingerprint density at radius 2 is 1.90 bits per heavy atom. The third kappa shape index (κ3) is 5.91. The SMILES string of the molecule is CC(C)CC(CN(C)C)Nc1ccc(N)cc1S(N)(=O)=O. The predicted molar refractivity (Wildman–Crippen MR) is 87.6 cm³/mol. The quantitative estimate of drug-likeness (QED) is 0.659. The Bertz CT molecular complexity index is 560. The summed E-state index contributed by atoms with van der Waals surface area (Å²) < 4.78 is 23.4. The lowest BCUT2D eigenvalue weighted by molar-refractivity contribution is 0.356. The van der Waals surface area contributed by atoms with Crippen LogP contribution in [0.2, 0.25) is 0 Å². The molecule has 0 spiro atoms. The number of nitrogen functional groups attached to an aromatic ring is 1. The minimum Gasteiger partial charge on any atom is -0.399 e. The van der Waals surface area contributed by atoms with Crippen LogP contribution in [0.15, 0.2) is 23.1 Å². The van der Waals surface area contributed by atoms with Gasteiger partial charge >= 0.3 is 0 Å². The number of hydrogen-bond acceptors (Lipinski definition) is 5. The minimum atomic E-state index is -3.81. The van der Waals surface area contributed by atoms with Gasteiger partial charge in [-0.2, -0.15) is 0 Å². The fraction of sp³-hybridized carbons (Fsp3) is 0.571. The van der Waals surface area contributed by atoms with Gasteiger partial charge in [0.1, 0.15) is 4.90 Å². The molecular formula is C14H26N4O2S. The van der Waals surface area contributed by atoms with Gasteiger partial charge < -0.3 is 16.0 Å². The van der Waals surface area contributed by atoms with E-state index in [1.54, 1.807) is 12.1 Å². The van der Waals surface area contributed by atoms with E-state index in [9.17, 15) is 8.42 Å². The first kappa shape index (κ1) is 17.7. The van der Waals surface area contributed by atoms with Crippen LogP contribution in [0.5, 0.6) is 0 Å². The van der Waals surface area contributed by atoms with Crippen LogP contribution in [0.25, 0.3) is 0 Å². The van der Waals surface area contributed by atoms with Gasteiger partial charge in [0, 0.05) is 18.3 Å². The van der Waals surface area contributed by atoms with Crippen LogP contribution in [0, 0.1) is 5.92 Å². The van der Waals surface area contributed by atoms with Crippen LogP contribution in [-0.4, -0.2) is 40.0 Å². The molecule has 1 atom stereocenters. The molecule has 5 N–H and O–H groups in total. The van der Waals surface area contributed by atoms with Crippen molar-refractivity contribution in [2.24, 2.45) is 11.1 Å². The molecule has 0 radical (unpaired) electrons. The number of rotatable bonds is 7. The first-order valence-electron chi connectivity index (χ1n) is 6.93. The molecule has 0 aliphatic heterocycles. The van der Waals surface area contributed by atoms with Crippen molar-refractivity contribution < 1.29 is 8.42 Å². The van der Waals surface area contributed by atoms with Crippen molar-refractivity contribution in [2.75, 3.05) is 31.7 Å². The van der Waals surface area contributed by atoms with E-state index in [1.807, 2.05) is 14.1 Å². The molecule has 0 heterocycles. The highest BCUT2D eigenvalue weighted by Crippen LogP contribution is 2.24. The molecule has 21 heavy (non-hydrogen) atoms. The number of primary sulfonamides is 1. The smallest absolute Gasteiger partial charge is 0.240 e. The lowest BCUT2D eigenvalue weighted by Crippen LogP contribution is -2.34. The lowest BCUT2D eigenvalue weighted by atomic mass is 10.0. The second-order valence-electron chi connectivity index (χ2n) is 6.03. The number of sulfonamides is 1. The molecule has 1 rings (SSSR count). The number of nitrogens with one attached hydrogen (secondary N) is 1. The summed E-state index contributed by atoms with van der Waals surface area (Å²) in [6, 6.07) is 4.85. The summed E-state index contributed by atoms with van der Waals surface area (Å²) in [6.07, 6.45) is 0.923. The van der Waals surface area contributed by atoms with Gasteiger partial charge in [-0.05, 0) is 44.6 Å². The molecule has 7 heteroatoms. The van der Waals surface area contributed by atoms with Gasteiger partial charge in [-0.15, -0.1) is 0 Å². The molecule has 0 fully saturated rings. The van der Waals surface area contributed by atoms with Crippen molar-refractivity contribution >= 4 is 21.4 Å².